The van der Waals surface area contributed by atoms with Gasteiger partial charge in [-0.3, -0.25) is 5.41 Å². The molecule has 0 aromatic rings. The van der Waals surface area contributed by atoms with Crippen LogP contribution in [0.3, 0.4) is 0 Å². The molecule has 0 aromatic carbocycles. The maximum Gasteiger partial charge on any atom is 0.280 e. The van der Waals surface area contributed by atoms with Crippen LogP contribution >= 0.6 is 0 Å². The van der Waals surface area contributed by atoms with Gasteiger partial charge in [-0.15, -0.1) is 0 Å². The molecule has 112 valence electrons. The highest BCUT2D eigenvalue weighted by Crippen LogP contribution is 2.32. The van der Waals surface area contributed by atoms with Gasteiger partial charge in [0, 0.05) is 13.1 Å². The van der Waals surface area contributed by atoms with Gasteiger partial charge in [0.2, 0.25) is 0 Å². The van der Waals surface area contributed by atoms with Crippen LogP contribution in [0.25, 0.3) is 0 Å². The van der Waals surface area contributed by atoms with Crippen molar-refractivity contribution in [1.29, 1.82) is 5.41 Å². The van der Waals surface area contributed by atoms with E-state index >= 15 is 0 Å². The number of rotatable bonds is 5. The van der Waals surface area contributed by atoms with Gasteiger partial charge >= 0.3 is 0 Å². The number of amidine groups is 1. The second kappa shape index (κ2) is 5.76. The molecular formula is C12H26N4O2S. The van der Waals surface area contributed by atoms with Gasteiger partial charge in [-0.25, -0.2) is 0 Å². The maximum absolute atomic E-state index is 12.3. The Labute approximate surface area is 116 Å². The van der Waals surface area contributed by atoms with Crippen molar-refractivity contribution >= 4 is 16.0 Å². The Balaban J connectivity index is 2.95. The molecule has 1 fully saturated rings. The predicted octanol–water partition coefficient (Wildman–Crippen LogP) is 1.05. The molecule has 1 aliphatic rings. The molecule has 0 spiro atoms. The summed E-state index contributed by atoms with van der Waals surface area (Å²) in [6.07, 6.45) is 2.95. The van der Waals surface area contributed by atoms with E-state index in [1.165, 1.54) is 11.4 Å². The fourth-order valence-electron chi connectivity index (χ4n) is 2.28. The second-order valence-corrected chi connectivity index (χ2v) is 7.63. The second-order valence-electron chi connectivity index (χ2n) is 5.90. The van der Waals surface area contributed by atoms with Crippen LogP contribution in [-0.2, 0) is 10.2 Å². The van der Waals surface area contributed by atoms with Gasteiger partial charge in [-0.05, 0) is 45.4 Å². The standard InChI is InChI=1S/C12H26N4O2S/c1-9(2)16(4)19(17,18)15-12(11(13)14)7-5-10(3)6-8-12/h9-10,15H,5-8H2,1-4H3,(H3,13,14). The summed E-state index contributed by atoms with van der Waals surface area (Å²) in [4.78, 5) is 0. The highest BCUT2D eigenvalue weighted by atomic mass is 32.2. The fourth-order valence-corrected chi connectivity index (χ4v) is 3.78. The lowest BCUT2D eigenvalue weighted by molar-refractivity contribution is 0.278. The predicted molar refractivity (Wildman–Crippen MR) is 77.2 cm³/mol. The molecule has 0 aromatic heterocycles. The summed E-state index contributed by atoms with van der Waals surface area (Å²) in [6, 6.07) is -0.135. The van der Waals surface area contributed by atoms with Crippen molar-refractivity contribution in [3.05, 3.63) is 0 Å². The molecule has 0 amide bonds. The Morgan fingerprint density at radius 1 is 1.42 bits per heavy atom. The summed E-state index contributed by atoms with van der Waals surface area (Å²) >= 11 is 0. The molecule has 1 rings (SSSR count). The normalized spacial score (nSPS) is 28.8. The number of hydrogen-bond donors (Lipinski definition) is 3. The van der Waals surface area contributed by atoms with Crippen LogP contribution in [0.5, 0.6) is 0 Å². The average molecular weight is 290 g/mol. The fraction of sp³-hybridized carbons (Fsp3) is 0.917. The first-order chi connectivity index (χ1) is 8.61. The first-order valence-corrected chi connectivity index (χ1v) is 8.16. The summed E-state index contributed by atoms with van der Waals surface area (Å²) in [6.45, 7) is 5.75. The van der Waals surface area contributed by atoms with Crippen molar-refractivity contribution < 1.29 is 8.42 Å². The van der Waals surface area contributed by atoms with Gasteiger partial charge in [-0.2, -0.15) is 17.4 Å². The summed E-state index contributed by atoms with van der Waals surface area (Å²) < 4.78 is 28.5. The third kappa shape index (κ3) is 3.67. The van der Waals surface area contributed by atoms with Crippen molar-refractivity contribution in [3.8, 4) is 0 Å². The minimum Gasteiger partial charge on any atom is -0.386 e. The molecule has 19 heavy (non-hydrogen) atoms. The van der Waals surface area contributed by atoms with Gasteiger partial charge in [0.05, 0.1) is 5.54 Å². The summed E-state index contributed by atoms with van der Waals surface area (Å²) in [5, 5.41) is 7.76. The lowest BCUT2D eigenvalue weighted by atomic mass is 9.77. The highest BCUT2D eigenvalue weighted by molar-refractivity contribution is 7.87. The Hall–Kier alpha value is -0.660. The van der Waals surface area contributed by atoms with Crippen LogP contribution in [0, 0.1) is 11.3 Å². The Kier molecular flexibility index (Phi) is 4.97. The van der Waals surface area contributed by atoms with Gasteiger partial charge in [0.25, 0.3) is 10.2 Å². The van der Waals surface area contributed by atoms with E-state index in [2.05, 4.69) is 11.6 Å². The molecule has 0 radical (unpaired) electrons. The van der Waals surface area contributed by atoms with Crippen LogP contribution in [0.2, 0.25) is 0 Å². The third-order valence-corrected chi connectivity index (χ3v) is 5.90. The van der Waals surface area contributed by atoms with E-state index in [9.17, 15) is 8.42 Å². The van der Waals surface area contributed by atoms with Crippen molar-refractivity contribution in [2.24, 2.45) is 11.7 Å². The number of nitrogens with zero attached hydrogens (tertiary/aromatic N) is 1. The third-order valence-electron chi connectivity index (χ3n) is 4.07. The highest BCUT2D eigenvalue weighted by Gasteiger charge is 2.41. The largest absolute Gasteiger partial charge is 0.386 e. The minimum absolute atomic E-state index is 0.0832. The molecule has 1 aliphatic carbocycles. The summed E-state index contributed by atoms with van der Waals surface area (Å²) in [5.41, 5.74) is 4.76. The van der Waals surface area contributed by atoms with E-state index < -0.39 is 15.7 Å². The minimum atomic E-state index is -3.62. The molecule has 6 nitrogen and oxygen atoms in total. The van der Waals surface area contributed by atoms with E-state index in [4.69, 9.17) is 11.1 Å². The van der Waals surface area contributed by atoms with E-state index in [-0.39, 0.29) is 11.9 Å². The molecule has 0 saturated heterocycles. The Bertz CT molecular complexity index is 425. The molecule has 0 unspecified atom stereocenters. The SMILES string of the molecule is CC1CCC(NS(=O)(=O)N(C)C(C)C)(C(=N)N)CC1. The molecule has 1 saturated carbocycles. The van der Waals surface area contributed by atoms with Crippen molar-refractivity contribution in [3.63, 3.8) is 0 Å². The molecule has 0 atom stereocenters. The molecule has 4 N–H and O–H groups in total. The lowest BCUT2D eigenvalue weighted by Crippen LogP contribution is -2.61. The molecule has 0 bridgehead atoms. The first kappa shape index (κ1) is 16.4. The van der Waals surface area contributed by atoms with Gasteiger partial charge in [0.1, 0.15) is 5.84 Å². The maximum atomic E-state index is 12.3. The quantitative estimate of drug-likeness (QED) is 0.521. The van der Waals surface area contributed by atoms with Gasteiger partial charge in [0.15, 0.2) is 0 Å². The van der Waals surface area contributed by atoms with Crippen molar-refractivity contribution in [2.45, 2.75) is 58.0 Å². The van der Waals surface area contributed by atoms with Crippen LogP contribution in [0.15, 0.2) is 0 Å². The average Bonchev–Trinajstić information content (AvgIpc) is 2.30. The smallest absolute Gasteiger partial charge is 0.280 e. The van der Waals surface area contributed by atoms with E-state index in [0.29, 0.717) is 18.8 Å². The zero-order valence-electron chi connectivity index (χ0n) is 12.2. The zero-order chi connectivity index (χ0) is 14.8. The summed E-state index contributed by atoms with van der Waals surface area (Å²) in [5.74, 6) is 0.472. The number of hydrogen-bond acceptors (Lipinski definition) is 3. The van der Waals surface area contributed by atoms with E-state index in [0.717, 1.165) is 12.8 Å². The molecular weight excluding hydrogens is 264 g/mol. The lowest BCUT2D eigenvalue weighted by Gasteiger charge is -2.40. The van der Waals surface area contributed by atoms with Crippen LogP contribution in [-0.4, -0.2) is 37.2 Å². The van der Waals surface area contributed by atoms with E-state index in [1.807, 2.05) is 13.8 Å². The topological polar surface area (TPSA) is 99.3 Å². The Morgan fingerprint density at radius 2 is 1.89 bits per heavy atom. The van der Waals surface area contributed by atoms with Crippen LogP contribution in [0.4, 0.5) is 0 Å². The van der Waals surface area contributed by atoms with Gasteiger partial charge in [-0.1, -0.05) is 6.92 Å². The van der Waals surface area contributed by atoms with Crippen molar-refractivity contribution in [1.82, 2.24) is 9.03 Å². The molecule has 0 heterocycles. The van der Waals surface area contributed by atoms with Crippen LogP contribution < -0.4 is 10.5 Å². The van der Waals surface area contributed by atoms with Gasteiger partial charge < -0.3 is 5.73 Å². The zero-order valence-corrected chi connectivity index (χ0v) is 13.0. The van der Waals surface area contributed by atoms with Crippen molar-refractivity contribution in [2.75, 3.05) is 7.05 Å². The van der Waals surface area contributed by atoms with E-state index in [1.54, 1.807) is 0 Å². The number of nitrogens with two attached hydrogens (primary N) is 1. The summed E-state index contributed by atoms with van der Waals surface area (Å²) in [7, 11) is -2.08. The molecule has 0 aliphatic heterocycles. The number of nitrogens with one attached hydrogen (secondary N) is 2. The Morgan fingerprint density at radius 3 is 2.26 bits per heavy atom. The molecule has 7 heteroatoms. The van der Waals surface area contributed by atoms with Crippen LogP contribution in [0.1, 0.15) is 46.5 Å². The first-order valence-electron chi connectivity index (χ1n) is 6.72. The monoisotopic (exact) mass is 290 g/mol.